The topological polar surface area (TPSA) is 116 Å². The maximum atomic E-state index is 14.2. The average molecular weight is 530 g/mol. The summed E-state index contributed by atoms with van der Waals surface area (Å²) in [5, 5.41) is 33.8. The minimum absolute atomic E-state index is 0.0297. The van der Waals surface area contributed by atoms with Gasteiger partial charge in [-0.1, -0.05) is 32.0 Å². The van der Waals surface area contributed by atoms with E-state index in [0.717, 1.165) is 0 Å². The predicted octanol–water partition coefficient (Wildman–Crippen LogP) is 4.07. The first-order valence-electron chi connectivity index (χ1n) is 12.4. The lowest BCUT2D eigenvalue weighted by atomic mass is 9.95. The largest absolute Gasteiger partial charge is 0.481 e. The van der Waals surface area contributed by atoms with Crippen molar-refractivity contribution in [3.63, 3.8) is 0 Å². The van der Waals surface area contributed by atoms with Gasteiger partial charge in [-0.15, -0.1) is 0 Å². The quantitative estimate of drug-likeness (QED) is 0.326. The molecule has 0 radical (unpaired) electrons. The lowest BCUT2D eigenvalue weighted by molar-refractivity contribution is -0.139. The summed E-state index contributed by atoms with van der Waals surface area (Å²) in [4.78, 5) is 25.8. The van der Waals surface area contributed by atoms with Gasteiger partial charge in [0, 0.05) is 30.4 Å². The van der Waals surface area contributed by atoms with Crippen molar-refractivity contribution in [1.29, 1.82) is 0 Å². The van der Waals surface area contributed by atoms with Crippen LogP contribution in [0, 0.1) is 11.6 Å². The molecule has 2 atom stereocenters. The van der Waals surface area contributed by atoms with Gasteiger partial charge in [-0.25, -0.2) is 13.5 Å². The summed E-state index contributed by atoms with van der Waals surface area (Å²) in [6.07, 6.45) is -2.37. The van der Waals surface area contributed by atoms with Crippen LogP contribution >= 0.6 is 0 Å². The molecule has 3 N–H and O–H groups in total. The number of carbonyl (C=O) groups excluding carboxylic acids is 1. The minimum atomic E-state index is -1.20. The first-order chi connectivity index (χ1) is 18.0. The Bertz CT molecular complexity index is 1260. The fourth-order valence-corrected chi connectivity index (χ4v) is 4.42. The Morgan fingerprint density at radius 3 is 2.29 bits per heavy atom. The second-order valence-electron chi connectivity index (χ2n) is 9.68. The summed E-state index contributed by atoms with van der Waals surface area (Å²) in [5.74, 6) is -2.60. The highest BCUT2D eigenvalue weighted by atomic mass is 19.1. The molecule has 38 heavy (non-hydrogen) atoms. The van der Waals surface area contributed by atoms with Crippen LogP contribution in [0.1, 0.15) is 66.3 Å². The summed E-state index contributed by atoms with van der Waals surface area (Å²) in [5.41, 5.74) is 2.30. The summed E-state index contributed by atoms with van der Waals surface area (Å²) >= 11 is 0. The second kappa shape index (κ2) is 12.7. The highest BCUT2D eigenvalue weighted by Gasteiger charge is 2.28. The number of benzene rings is 2. The van der Waals surface area contributed by atoms with Crippen LogP contribution in [-0.2, 0) is 17.8 Å². The zero-order chi connectivity index (χ0) is 28.0. The summed E-state index contributed by atoms with van der Waals surface area (Å²) < 4.78 is 29.4. The zero-order valence-corrected chi connectivity index (χ0v) is 21.6. The Balaban J connectivity index is 1.96. The van der Waals surface area contributed by atoms with E-state index in [1.165, 1.54) is 35.2 Å². The fourth-order valence-electron chi connectivity index (χ4n) is 4.42. The zero-order valence-electron chi connectivity index (χ0n) is 21.6. The average Bonchev–Trinajstić information content (AvgIpc) is 3.23. The van der Waals surface area contributed by atoms with Gasteiger partial charge in [0.05, 0.1) is 24.3 Å². The number of hydrogen-bond donors (Lipinski definition) is 3. The van der Waals surface area contributed by atoms with Gasteiger partial charge in [-0.3, -0.25) is 9.59 Å². The first kappa shape index (κ1) is 28.9. The molecule has 0 saturated heterocycles. The molecule has 1 amide bonds. The monoisotopic (exact) mass is 529 g/mol. The summed E-state index contributed by atoms with van der Waals surface area (Å²) in [7, 11) is 1.56. The second-order valence-corrected chi connectivity index (χ2v) is 9.68. The Kier molecular flexibility index (Phi) is 9.71. The number of aliphatic hydroxyl groups is 2. The van der Waals surface area contributed by atoms with E-state index in [-0.39, 0.29) is 37.4 Å². The van der Waals surface area contributed by atoms with Gasteiger partial charge < -0.3 is 20.2 Å². The smallest absolute Gasteiger partial charge is 0.305 e. The van der Waals surface area contributed by atoms with E-state index in [1.807, 2.05) is 13.8 Å². The normalized spacial score (nSPS) is 12.9. The highest BCUT2D eigenvalue weighted by Crippen LogP contribution is 2.29. The molecule has 0 aliphatic carbocycles. The molecule has 0 aliphatic rings. The number of aliphatic carboxylic acids is 1. The molecule has 10 heteroatoms. The predicted molar refractivity (Wildman–Crippen MR) is 137 cm³/mol. The number of aliphatic hydroxyl groups excluding tert-OH is 2. The Morgan fingerprint density at radius 2 is 1.68 bits per heavy atom. The van der Waals surface area contributed by atoms with E-state index in [4.69, 9.17) is 5.11 Å². The van der Waals surface area contributed by atoms with E-state index in [0.29, 0.717) is 22.5 Å². The molecule has 0 saturated carbocycles. The molecule has 0 spiro atoms. The van der Waals surface area contributed by atoms with E-state index in [2.05, 4.69) is 5.10 Å². The van der Waals surface area contributed by atoms with Crippen LogP contribution < -0.4 is 0 Å². The molecule has 3 aromatic rings. The Morgan fingerprint density at radius 1 is 1.03 bits per heavy atom. The van der Waals surface area contributed by atoms with E-state index >= 15 is 0 Å². The van der Waals surface area contributed by atoms with Crippen molar-refractivity contribution in [2.45, 2.75) is 64.2 Å². The highest BCUT2D eigenvalue weighted by molar-refractivity contribution is 5.94. The lowest BCUT2D eigenvalue weighted by Gasteiger charge is -2.19. The van der Waals surface area contributed by atoms with Crippen molar-refractivity contribution >= 4 is 11.9 Å². The molecule has 2 unspecified atom stereocenters. The van der Waals surface area contributed by atoms with Gasteiger partial charge in [-0.05, 0) is 55.5 Å². The molecule has 2 aromatic carbocycles. The van der Waals surface area contributed by atoms with Gasteiger partial charge in [0.25, 0.3) is 5.91 Å². The number of hydrogen-bond acceptors (Lipinski definition) is 5. The van der Waals surface area contributed by atoms with E-state index in [9.17, 15) is 28.6 Å². The maximum absolute atomic E-state index is 14.2. The van der Waals surface area contributed by atoms with Crippen molar-refractivity contribution in [2.75, 3.05) is 7.05 Å². The number of amides is 1. The van der Waals surface area contributed by atoms with Crippen LogP contribution in [0.25, 0.3) is 5.69 Å². The molecule has 8 nitrogen and oxygen atoms in total. The molecule has 1 aromatic heterocycles. The van der Waals surface area contributed by atoms with Gasteiger partial charge in [-0.2, -0.15) is 5.10 Å². The first-order valence-corrected chi connectivity index (χ1v) is 12.4. The number of carbonyl (C=O) groups is 2. The number of halogens is 2. The van der Waals surface area contributed by atoms with Crippen molar-refractivity contribution in [3.8, 4) is 5.69 Å². The molecule has 3 rings (SSSR count). The summed E-state index contributed by atoms with van der Waals surface area (Å²) in [6.45, 7) is 3.83. The van der Waals surface area contributed by atoms with E-state index in [1.54, 1.807) is 29.9 Å². The third-order valence-electron chi connectivity index (χ3n) is 6.25. The maximum Gasteiger partial charge on any atom is 0.305 e. The van der Waals surface area contributed by atoms with Crippen LogP contribution in [0.4, 0.5) is 8.78 Å². The molecule has 0 aliphatic heterocycles. The molecular formula is C28H33F2N3O5. The lowest BCUT2D eigenvalue weighted by Crippen LogP contribution is -2.28. The van der Waals surface area contributed by atoms with Gasteiger partial charge in [0.15, 0.2) is 5.69 Å². The SMILES string of the molecule is CC(C)c1c(C(=O)N(C)Cc2ccccc2F)nn(-c2ccc(F)cc2)c1CCC(O)CC(O)CC(=O)O. The van der Waals surface area contributed by atoms with Crippen LogP contribution in [0.3, 0.4) is 0 Å². The van der Waals surface area contributed by atoms with Gasteiger partial charge in [0.2, 0.25) is 0 Å². The summed E-state index contributed by atoms with van der Waals surface area (Å²) in [6, 6.07) is 11.8. The van der Waals surface area contributed by atoms with Gasteiger partial charge in [0.1, 0.15) is 11.6 Å². The molecular weight excluding hydrogens is 496 g/mol. The minimum Gasteiger partial charge on any atom is -0.481 e. The molecule has 1 heterocycles. The van der Waals surface area contributed by atoms with E-state index < -0.39 is 42.1 Å². The Hall–Kier alpha value is -3.63. The van der Waals surface area contributed by atoms with Gasteiger partial charge >= 0.3 is 5.97 Å². The van der Waals surface area contributed by atoms with Crippen molar-refractivity contribution in [3.05, 3.63) is 82.7 Å². The van der Waals surface area contributed by atoms with Crippen molar-refractivity contribution in [1.82, 2.24) is 14.7 Å². The van der Waals surface area contributed by atoms with Crippen LogP contribution in [-0.4, -0.2) is 61.1 Å². The van der Waals surface area contributed by atoms with Crippen LogP contribution in [0.15, 0.2) is 48.5 Å². The fraction of sp³-hybridized carbons (Fsp3) is 0.393. The Labute approximate surface area is 220 Å². The third-order valence-corrected chi connectivity index (χ3v) is 6.25. The molecule has 204 valence electrons. The van der Waals surface area contributed by atoms with Crippen LogP contribution in [0.2, 0.25) is 0 Å². The standard InChI is InChI=1S/C28H33F2N3O5/c1-17(2)26-24(13-12-21(34)14-22(35)15-25(36)37)33(20-10-8-19(29)9-11-20)31-27(26)28(38)32(3)16-18-6-4-5-7-23(18)30/h4-11,17,21-22,34-35H,12-16H2,1-3H3,(H,36,37). The number of carboxylic acid groups (broad SMARTS) is 1. The van der Waals surface area contributed by atoms with Crippen LogP contribution in [0.5, 0.6) is 0 Å². The number of aromatic nitrogens is 2. The van der Waals surface area contributed by atoms with Crippen molar-refractivity contribution in [2.24, 2.45) is 0 Å². The third kappa shape index (κ3) is 7.23. The number of rotatable bonds is 12. The molecule has 0 bridgehead atoms. The molecule has 0 fully saturated rings. The van der Waals surface area contributed by atoms with Crippen molar-refractivity contribution < 1.29 is 33.7 Å². The number of carboxylic acids is 1. The number of nitrogens with zero attached hydrogens (tertiary/aromatic N) is 3.